The van der Waals surface area contributed by atoms with Gasteiger partial charge in [0.2, 0.25) is 17.8 Å². The van der Waals surface area contributed by atoms with Gasteiger partial charge in [-0.3, -0.25) is 0 Å². The molecule has 1 aromatic heterocycles. The highest BCUT2D eigenvalue weighted by Crippen LogP contribution is 2.29. The molecular weight excluding hydrogens is 509 g/mol. The molecule has 1 aliphatic rings. The van der Waals surface area contributed by atoms with Gasteiger partial charge < -0.3 is 19.7 Å². The first-order valence-corrected chi connectivity index (χ1v) is 13.4. The fourth-order valence-corrected chi connectivity index (χ4v) is 4.28. The molecule has 2 heterocycles. The summed E-state index contributed by atoms with van der Waals surface area (Å²) in [6.07, 6.45) is 5.08. The second-order valence-corrected chi connectivity index (χ2v) is 9.21. The summed E-state index contributed by atoms with van der Waals surface area (Å²) in [5.74, 6) is 2.15. The van der Waals surface area contributed by atoms with Gasteiger partial charge in [0.15, 0.2) is 11.5 Å². The molecule has 0 saturated carbocycles. The van der Waals surface area contributed by atoms with Crippen LogP contribution in [0.15, 0.2) is 77.9 Å². The van der Waals surface area contributed by atoms with E-state index in [9.17, 15) is 4.39 Å². The Hall–Kier alpha value is -4.73. The zero-order valence-electron chi connectivity index (χ0n) is 22.4. The van der Waals surface area contributed by atoms with E-state index in [0.29, 0.717) is 41.5 Å². The summed E-state index contributed by atoms with van der Waals surface area (Å²) in [7, 11) is 0. The van der Waals surface area contributed by atoms with Crippen LogP contribution < -0.4 is 25.1 Å². The van der Waals surface area contributed by atoms with E-state index in [1.165, 1.54) is 12.5 Å². The molecule has 2 N–H and O–H groups in total. The summed E-state index contributed by atoms with van der Waals surface area (Å²) in [6.45, 7) is 4.26. The van der Waals surface area contributed by atoms with Gasteiger partial charge in [-0.05, 0) is 68.1 Å². The smallest absolute Gasteiger partial charge is 0.250 e. The van der Waals surface area contributed by atoms with Crippen LogP contribution in [-0.4, -0.2) is 40.9 Å². The van der Waals surface area contributed by atoms with Crippen LogP contribution in [0.3, 0.4) is 0 Å². The lowest BCUT2D eigenvalue weighted by Crippen LogP contribution is -2.31. The van der Waals surface area contributed by atoms with E-state index in [1.807, 2.05) is 49.4 Å². The number of anilines is 4. The monoisotopic (exact) mass is 541 g/mol. The highest BCUT2D eigenvalue weighted by Gasteiger charge is 2.16. The van der Waals surface area contributed by atoms with Crippen molar-refractivity contribution in [3.63, 3.8) is 0 Å². The molecule has 40 heavy (non-hydrogen) atoms. The van der Waals surface area contributed by atoms with Crippen molar-refractivity contribution in [2.24, 2.45) is 5.10 Å². The number of para-hydroxylation sites is 1. The van der Waals surface area contributed by atoms with Crippen LogP contribution in [0.4, 0.5) is 27.9 Å². The normalized spacial score (nSPS) is 13.3. The molecule has 0 aliphatic carbocycles. The first-order chi connectivity index (χ1) is 19.7. The number of nitrogens with zero attached hydrogens (tertiary/aromatic N) is 5. The molecule has 4 aromatic rings. The lowest BCUT2D eigenvalue weighted by atomic mass is 10.1. The molecule has 206 valence electrons. The van der Waals surface area contributed by atoms with Gasteiger partial charge >= 0.3 is 0 Å². The van der Waals surface area contributed by atoms with Crippen LogP contribution in [-0.2, 0) is 6.61 Å². The summed E-state index contributed by atoms with van der Waals surface area (Å²) in [6, 6.07) is 21.8. The number of rotatable bonds is 11. The Balaban J connectivity index is 1.31. The maximum atomic E-state index is 14.0. The van der Waals surface area contributed by atoms with Gasteiger partial charge in [0.25, 0.3) is 0 Å². The summed E-state index contributed by atoms with van der Waals surface area (Å²) < 4.78 is 25.6. The molecule has 0 unspecified atom stereocenters. The van der Waals surface area contributed by atoms with Gasteiger partial charge in [-0.15, -0.1) is 0 Å². The summed E-state index contributed by atoms with van der Waals surface area (Å²) in [5.41, 5.74) is 5.08. The fraction of sp³-hybridized carbons (Fsp3) is 0.267. The van der Waals surface area contributed by atoms with E-state index in [0.717, 1.165) is 37.2 Å². The molecule has 5 rings (SSSR count). The maximum absolute atomic E-state index is 14.0. The van der Waals surface area contributed by atoms with Crippen molar-refractivity contribution < 1.29 is 13.9 Å². The molecule has 1 saturated heterocycles. The zero-order valence-corrected chi connectivity index (χ0v) is 22.4. The molecule has 0 radical (unpaired) electrons. The van der Waals surface area contributed by atoms with Crippen LogP contribution in [0.2, 0.25) is 0 Å². The average Bonchev–Trinajstić information content (AvgIpc) is 2.98. The number of piperidine rings is 1. The quantitative estimate of drug-likeness (QED) is 0.172. The van der Waals surface area contributed by atoms with Gasteiger partial charge in [-0.25, -0.2) is 9.82 Å². The van der Waals surface area contributed by atoms with Crippen LogP contribution in [0, 0.1) is 5.82 Å². The molecule has 1 fully saturated rings. The minimum absolute atomic E-state index is 0.0970. The molecular formula is C30H32FN7O2. The Morgan fingerprint density at radius 2 is 1.65 bits per heavy atom. The van der Waals surface area contributed by atoms with Crippen LogP contribution in [0.1, 0.15) is 37.3 Å². The molecule has 0 bridgehead atoms. The van der Waals surface area contributed by atoms with E-state index in [1.54, 1.807) is 30.5 Å². The van der Waals surface area contributed by atoms with Crippen LogP contribution in [0.25, 0.3) is 0 Å². The first-order valence-electron chi connectivity index (χ1n) is 13.4. The number of ether oxygens (including phenoxy) is 2. The fourth-order valence-electron chi connectivity index (χ4n) is 4.28. The maximum Gasteiger partial charge on any atom is 0.250 e. The zero-order chi connectivity index (χ0) is 27.6. The third kappa shape index (κ3) is 7.22. The number of nitrogens with one attached hydrogen (secondary N) is 2. The van der Waals surface area contributed by atoms with Crippen molar-refractivity contribution in [2.75, 3.05) is 35.3 Å². The van der Waals surface area contributed by atoms with Crippen LogP contribution in [0.5, 0.6) is 11.5 Å². The van der Waals surface area contributed by atoms with E-state index < -0.39 is 0 Å². The molecule has 0 spiro atoms. The minimum Gasteiger partial charge on any atom is -0.490 e. The number of hydrogen-bond acceptors (Lipinski definition) is 9. The number of hydrazone groups is 1. The number of aromatic nitrogens is 3. The highest BCUT2D eigenvalue weighted by molar-refractivity contribution is 5.81. The Kier molecular flexibility index (Phi) is 8.98. The van der Waals surface area contributed by atoms with Crippen molar-refractivity contribution in [1.82, 2.24) is 15.0 Å². The summed E-state index contributed by atoms with van der Waals surface area (Å²) in [5, 5.41) is 7.61. The van der Waals surface area contributed by atoms with Gasteiger partial charge in [-0.2, -0.15) is 20.1 Å². The van der Waals surface area contributed by atoms with E-state index in [2.05, 4.69) is 35.7 Å². The molecule has 1 aliphatic heterocycles. The molecule has 10 heteroatoms. The number of hydrogen-bond donors (Lipinski definition) is 2. The predicted octanol–water partition coefficient (Wildman–Crippen LogP) is 6.17. The second kappa shape index (κ2) is 13.4. The average molecular weight is 542 g/mol. The molecule has 0 amide bonds. The van der Waals surface area contributed by atoms with Crippen molar-refractivity contribution in [1.29, 1.82) is 0 Å². The first kappa shape index (κ1) is 26.9. The van der Waals surface area contributed by atoms with E-state index in [-0.39, 0.29) is 12.4 Å². The standard InChI is InChI=1S/C30H32FN7O2/c1-2-39-27-19-22(15-16-26(27)40-21-23-11-7-8-14-25(23)31)20-32-37-29-34-28(33-24-12-5-3-6-13-24)35-30(36-29)38-17-9-4-10-18-38/h3,5-8,11-16,19-20H,2,4,9-10,17-18,21H2,1H3,(H2,33,34,35,36,37)/b32-20-. The molecule has 0 atom stereocenters. The topological polar surface area (TPSA) is 96.8 Å². The SMILES string of the molecule is CCOc1cc(/C=N\Nc2nc(Nc3ccccc3)nc(N3CCCCC3)n2)ccc1OCc1ccccc1F. The Morgan fingerprint density at radius 3 is 2.45 bits per heavy atom. The lowest BCUT2D eigenvalue weighted by Gasteiger charge is -2.26. The largest absolute Gasteiger partial charge is 0.490 e. The van der Waals surface area contributed by atoms with Gasteiger partial charge in [0, 0.05) is 24.3 Å². The Morgan fingerprint density at radius 1 is 0.875 bits per heavy atom. The van der Waals surface area contributed by atoms with Crippen molar-refractivity contribution >= 4 is 29.7 Å². The lowest BCUT2D eigenvalue weighted by molar-refractivity contribution is 0.266. The Labute approximate surface area is 233 Å². The highest BCUT2D eigenvalue weighted by atomic mass is 19.1. The third-order valence-corrected chi connectivity index (χ3v) is 6.28. The number of benzene rings is 3. The summed E-state index contributed by atoms with van der Waals surface area (Å²) >= 11 is 0. The van der Waals surface area contributed by atoms with Crippen molar-refractivity contribution in [3.05, 3.63) is 89.7 Å². The molecule has 9 nitrogen and oxygen atoms in total. The van der Waals surface area contributed by atoms with E-state index in [4.69, 9.17) is 9.47 Å². The van der Waals surface area contributed by atoms with Crippen molar-refractivity contribution in [2.45, 2.75) is 32.8 Å². The van der Waals surface area contributed by atoms with Gasteiger partial charge in [0.1, 0.15) is 12.4 Å². The van der Waals surface area contributed by atoms with E-state index >= 15 is 0 Å². The Bertz CT molecular complexity index is 1430. The van der Waals surface area contributed by atoms with Crippen molar-refractivity contribution in [3.8, 4) is 11.5 Å². The van der Waals surface area contributed by atoms with Crippen LogP contribution >= 0.6 is 0 Å². The third-order valence-electron chi connectivity index (χ3n) is 6.28. The predicted molar refractivity (Wildman–Crippen MR) is 155 cm³/mol. The minimum atomic E-state index is -0.306. The van der Waals surface area contributed by atoms with Gasteiger partial charge in [0.05, 0.1) is 12.8 Å². The van der Waals surface area contributed by atoms with Gasteiger partial charge in [-0.1, -0.05) is 36.4 Å². The molecule has 3 aromatic carbocycles. The summed E-state index contributed by atoms with van der Waals surface area (Å²) in [4.78, 5) is 16.0. The number of halogens is 1. The second-order valence-electron chi connectivity index (χ2n) is 9.21.